The summed E-state index contributed by atoms with van der Waals surface area (Å²) < 4.78 is 13.9. The molecule has 5 nitrogen and oxygen atoms in total. The molecule has 2 aromatic carbocycles. The molecule has 0 unspecified atom stereocenters. The lowest BCUT2D eigenvalue weighted by molar-refractivity contribution is 0.0623. The summed E-state index contributed by atoms with van der Waals surface area (Å²) in [7, 11) is 0. The second-order valence-electron chi connectivity index (χ2n) is 7.45. The first-order chi connectivity index (χ1) is 14.0. The van der Waals surface area contributed by atoms with Gasteiger partial charge in [-0.3, -0.25) is 14.5 Å². The van der Waals surface area contributed by atoms with Crippen molar-refractivity contribution in [1.82, 2.24) is 14.8 Å². The number of nitrogens with zero attached hydrogens (tertiary/aromatic N) is 2. The molecule has 0 radical (unpaired) electrons. The molecule has 6 heteroatoms. The lowest BCUT2D eigenvalue weighted by Gasteiger charge is -2.34. The Balaban J connectivity index is 1.44. The van der Waals surface area contributed by atoms with Crippen molar-refractivity contribution in [1.29, 1.82) is 0 Å². The van der Waals surface area contributed by atoms with Crippen LogP contribution in [0, 0.1) is 5.82 Å². The normalized spacial score (nSPS) is 15.0. The van der Waals surface area contributed by atoms with E-state index in [1.165, 1.54) is 17.7 Å². The van der Waals surface area contributed by atoms with E-state index in [2.05, 4.69) is 22.9 Å². The smallest absolute Gasteiger partial charge is 0.256 e. The van der Waals surface area contributed by atoms with Gasteiger partial charge in [0.15, 0.2) is 0 Å². The number of pyridine rings is 1. The summed E-state index contributed by atoms with van der Waals surface area (Å²) in [6.07, 6.45) is 0.947. The van der Waals surface area contributed by atoms with E-state index in [-0.39, 0.29) is 17.0 Å². The van der Waals surface area contributed by atoms with Crippen molar-refractivity contribution < 1.29 is 9.18 Å². The maximum absolute atomic E-state index is 13.9. The second kappa shape index (κ2) is 8.17. The number of carbonyl (C=O) groups is 1. The van der Waals surface area contributed by atoms with Crippen molar-refractivity contribution in [3.05, 3.63) is 81.4 Å². The molecule has 0 aliphatic carbocycles. The Kier molecular flexibility index (Phi) is 5.45. The van der Waals surface area contributed by atoms with E-state index in [1.54, 1.807) is 17.0 Å². The molecular weight excluding hydrogens is 369 g/mol. The Labute approximate surface area is 168 Å². The first kappa shape index (κ1) is 19.3. The molecule has 1 aliphatic rings. The number of piperazine rings is 1. The number of fused-ring (bicyclic) bond motifs is 1. The average Bonchev–Trinajstić information content (AvgIpc) is 2.74. The number of benzene rings is 2. The van der Waals surface area contributed by atoms with Gasteiger partial charge in [-0.05, 0) is 47.7 Å². The third-order valence-electron chi connectivity index (χ3n) is 5.55. The number of aryl methyl sites for hydroxylation is 1. The maximum atomic E-state index is 13.9. The van der Waals surface area contributed by atoms with Gasteiger partial charge in [0.2, 0.25) is 0 Å². The van der Waals surface area contributed by atoms with Gasteiger partial charge in [0, 0.05) is 43.8 Å². The minimum absolute atomic E-state index is 0.0772. The molecule has 3 aromatic rings. The number of rotatable bonds is 4. The van der Waals surface area contributed by atoms with Gasteiger partial charge in [0.05, 0.1) is 5.56 Å². The number of aromatic nitrogens is 1. The topological polar surface area (TPSA) is 56.4 Å². The summed E-state index contributed by atoms with van der Waals surface area (Å²) in [5, 5.41) is 1.03. The first-order valence-electron chi connectivity index (χ1n) is 9.96. The Bertz CT molecular complexity index is 1100. The zero-order chi connectivity index (χ0) is 20.4. The molecule has 29 heavy (non-hydrogen) atoms. The summed E-state index contributed by atoms with van der Waals surface area (Å²) in [5.41, 5.74) is 2.83. The third-order valence-corrected chi connectivity index (χ3v) is 5.55. The van der Waals surface area contributed by atoms with E-state index < -0.39 is 5.82 Å². The number of aromatic amines is 1. The highest BCUT2D eigenvalue weighted by Crippen LogP contribution is 2.17. The molecule has 0 atom stereocenters. The molecule has 1 fully saturated rings. The molecule has 0 spiro atoms. The minimum Gasteiger partial charge on any atom is -0.336 e. The van der Waals surface area contributed by atoms with Crippen LogP contribution in [0.25, 0.3) is 10.9 Å². The first-order valence-corrected chi connectivity index (χ1v) is 9.96. The third kappa shape index (κ3) is 4.07. The van der Waals surface area contributed by atoms with Crippen LogP contribution in [0.15, 0.2) is 53.3 Å². The number of nitrogens with one attached hydrogen (secondary N) is 1. The summed E-state index contributed by atoms with van der Waals surface area (Å²) in [5.74, 6) is -0.771. The Hall–Kier alpha value is -2.99. The number of H-pyrrole nitrogens is 1. The predicted octanol–water partition coefficient (Wildman–Crippen LogP) is 3.19. The van der Waals surface area contributed by atoms with Crippen LogP contribution in [-0.2, 0) is 13.0 Å². The molecular formula is C23H24FN3O2. The molecule has 1 amide bonds. The number of hydrogen-bond donors (Lipinski definition) is 1. The van der Waals surface area contributed by atoms with Gasteiger partial charge in [-0.1, -0.05) is 25.1 Å². The lowest BCUT2D eigenvalue weighted by Crippen LogP contribution is -2.48. The van der Waals surface area contributed by atoms with Crippen LogP contribution >= 0.6 is 0 Å². The van der Waals surface area contributed by atoms with Crippen molar-refractivity contribution >= 4 is 16.8 Å². The van der Waals surface area contributed by atoms with Crippen molar-refractivity contribution in [3.63, 3.8) is 0 Å². The van der Waals surface area contributed by atoms with E-state index in [0.717, 1.165) is 22.9 Å². The van der Waals surface area contributed by atoms with E-state index in [1.807, 2.05) is 18.2 Å². The predicted molar refractivity (Wildman–Crippen MR) is 112 cm³/mol. The van der Waals surface area contributed by atoms with Crippen LogP contribution < -0.4 is 5.56 Å². The quantitative estimate of drug-likeness (QED) is 0.741. The fourth-order valence-corrected chi connectivity index (χ4v) is 3.79. The van der Waals surface area contributed by atoms with E-state index >= 15 is 0 Å². The molecule has 1 saturated heterocycles. The van der Waals surface area contributed by atoms with Gasteiger partial charge in [-0.2, -0.15) is 0 Å². The van der Waals surface area contributed by atoms with E-state index in [9.17, 15) is 14.0 Å². The average molecular weight is 393 g/mol. The van der Waals surface area contributed by atoms with Crippen LogP contribution in [0.1, 0.15) is 28.4 Å². The maximum Gasteiger partial charge on any atom is 0.256 e. The van der Waals surface area contributed by atoms with Crippen LogP contribution in [0.4, 0.5) is 4.39 Å². The zero-order valence-corrected chi connectivity index (χ0v) is 16.5. The van der Waals surface area contributed by atoms with Gasteiger partial charge in [-0.15, -0.1) is 0 Å². The van der Waals surface area contributed by atoms with Crippen LogP contribution in [0.3, 0.4) is 0 Å². The highest BCUT2D eigenvalue weighted by molar-refractivity contribution is 5.94. The number of hydrogen-bond acceptors (Lipinski definition) is 3. The number of amides is 1. The standard InChI is InChI=1S/C23H24FN3O2/c1-2-16-7-8-21-17(13-16)14-18(22(28)25-21)15-26-9-11-27(12-10-26)23(29)19-5-3-4-6-20(19)24/h3-8,13-14H,2,9-12,15H2,1H3,(H,25,28). The summed E-state index contributed by atoms with van der Waals surface area (Å²) in [6.45, 7) is 4.95. The Morgan fingerprint density at radius 1 is 1.07 bits per heavy atom. The zero-order valence-electron chi connectivity index (χ0n) is 16.5. The molecule has 4 rings (SSSR count). The van der Waals surface area contributed by atoms with Crippen molar-refractivity contribution in [2.75, 3.05) is 26.2 Å². The summed E-state index contributed by atoms with van der Waals surface area (Å²) in [4.78, 5) is 31.8. The van der Waals surface area contributed by atoms with Crippen LogP contribution in [0.2, 0.25) is 0 Å². The molecule has 150 valence electrons. The molecule has 2 heterocycles. The lowest BCUT2D eigenvalue weighted by atomic mass is 10.1. The van der Waals surface area contributed by atoms with Gasteiger partial charge < -0.3 is 9.88 Å². The molecule has 0 bridgehead atoms. The van der Waals surface area contributed by atoms with E-state index in [4.69, 9.17) is 0 Å². The Morgan fingerprint density at radius 3 is 2.55 bits per heavy atom. The molecule has 1 aliphatic heterocycles. The van der Waals surface area contributed by atoms with E-state index in [0.29, 0.717) is 32.7 Å². The van der Waals surface area contributed by atoms with Crippen LogP contribution in [0.5, 0.6) is 0 Å². The summed E-state index contributed by atoms with van der Waals surface area (Å²) >= 11 is 0. The number of halogens is 1. The van der Waals surface area contributed by atoms with Crippen molar-refractivity contribution in [2.24, 2.45) is 0 Å². The highest BCUT2D eigenvalue weighted by atomic mass is 19.1. The van der Waals surface area contributed by atoms with Gasteiger partial charge in [0.1, 0.15) is 5.82 Å². The van der Waals surface area contributed by atoms with Crippen LogP contribution in [-0.4, -0.2) is 46.9 Å². The van der Waals surface area contributed by atoms with Gasteiger partial charge >= 0.3 is 0 Å². The molecule has 1 N–H and O–H groups in total. The number of carbonyl (C=O) groups excluding carboxylic acids is 1. The fourth-order valence-electron chi connectivity index (χ4n) is 3.79. The summed E-state index contributed by atoms with van der Waals surface area (Å²) in [6, 6.07) is 14.1. The monoisotopic (exact) mass is 393 g/mol. The Morgan fingerprint density at radius 2 is 1.83 bits per heavy atom. The second-order valence-corrected chi connectivity index (χ2v) is 7.45. The SMILES string of the molecule is CCc1ccc2[nH]c(=O)c(CN3CCN(C(=O)c4ccccc4F)CC3)cc2c1. The van der Waals surface area contributed by atoms with Crippen molar-refractivity contribution in [3.8, 4) is 0 Å². The minimum atomic E-state index is -0.492. The van der Waals surface area contributed by atoms with Gasteiger partial charge in [-0.25, -0.2) is 4.39 Å². The fraction of sp³-hybridized carbons (Fsp3) is 0.304. The highest BCUT2D eigenvalue weighted by Gasteiger charge is 2.24. The molecule has 0 saturated carbocycles. The van der Waals surface area contributed by atoms with Crippen molar-refractivity contribution in [2.45, 2.75) is 19.9 Å². The van der Waals surface area contributed by atoms with Gasteiger partial charge in [0.25, 0.3) is 11.5 Å². The largest absolute Gasteiger partial charge is 0.336 e. The molecule has 1 aromatic heterocycles.